The molecule has 0 aromatic carbocycles. The molecule has 2 aliphatic heterocycles. The van der Waals surface area contributed by atoms with Crippen LogP contribution < -0.4 is 5.32 Å². The lowest BCUT2D eigenvalue weighted by Crippen LogP contribution is -2.40. The van der Waals surface area contributed by atoms with E-state index in [1.165, 1.54) is 0 Å². The van der Waals surface area contributed by atoms with Crippen molar-refractivity contribution < 1.29 is 14.3 Å². The Morgan fingerprint density at radius 1 is 1.31 bits per heavy atom. The minimum Gasteiger partial charge on any atom is -0.450 e. The second kappa shape index (κ2) is 8.07. The van der Waals surface area contributed by atoms with Crippen LogP contribution in [0.25, 0.3) is 0 Å². The first-order valence-corrected chi connectivity index (χ1v) is 9.47. The summed E-state index contributed by atoms with van der Waals surface area (Å²) in [6, 6.07) is 2.34. The summed E-state index contributed by atoms with van der Waals surface area (Å²) in [5, 5.41) is 8.13. The summed E-state index contributed by atoms with van der Waals surface area (Å²) in [5.41, 5.74) is 2.06. The van der Waals surface area contributed by atoms with Gasteiger partial charge in [-0.3, -0.25) is 9.48 Å². The minimum atomic E-state index is -0.232. The minimum absolute atomic E-state index is 0.0234. The quantitative estimate of drug-likeness (QED) is 0.850. The molecule has 0 saturated carbocycles. The molecule has 1 aromatic rings. The van der Waals surface area contributed by atoms with E-state index in [-0.39, 0.29) is 24.0 Å². The highest BCUT2D eigenvalue weighted by molar-refractivity contribution is 5.78. The predicted molar refractivity (Wildman–Crippen MR) is 96.3 cm³/mol. The lowest BCUT2D eigenvalue weighted by Gasteiger charge is -2.29. The van der Waals surface area contributed by atoms with E-state index in [1.807, 2.05) is 30.4 Å². The Hall–Kier alpha value is -2.09. The summed E-state index contributed by atoms with van der Waals surface area (Å²) < 4.78 is 7.05. The summed E-state index contributed by atoms with van der Waals surface area (Å²) in [4.78, 5) is 27.6. The molecule has 26 heavy (non-hydrogen) atoms. The molecule has 0 aliphatic carbocycles. The Bertz CT molecular complexity index is 657. The van der Waals surface area contributed by atoms with Gasteiger partial charge in [-0.2, -0.15) is 5.10 Å². The van der Waals surface area contributed by atoms with Gasteiger partial charge in [-0.15, -0.1) is 0 Å². The SMILES string of the molecule is CCOC(=O)N1CC[C@@H](NCc2cc3n(n2)CCN(C(=O)C(C)C)C3)C1. The Balaban J connectivity index is 1.51. The molecule has 1 atom stereocenters. The molecular formula is C18H29N5O3. The molecule has 144 valence electrons. The predicted octanol–water partition coefficient (Wildman–Crippen LogP) is 1.20. The van der Waals surface area contributed by atoms with Crippen LogP contribution in [0.1, 0.15) is 38.6 Å². The fourth-order valence-electron chi connectivity index (χ4n) is 3.52. The van der Waals surface area contributed by atoms with E-state index in [2.05, 4.69) is 16.5 Å². The van der Waals surface area contributed by atoms with Gasteiger partial charge >= 0.3 is 6.09 Å². The lowest BCUT2D eigenvalue weighted by molar-refractivity contribution is -0.136. The molecule has 0 unspecified atom stereocenters. The number of nitrogens with one attached hydrogen (secondary N) is 1. The second-order valence-corrected chi connectivity index (χ2v) is 7.28. The molecule has 8 heteroatoms. The first-order valence-electron chi connectivity index (χ1n) is 9.47. The third-order valence-electron chi connectivity index (χ3n) is 4.94. The summed E-state index contributed by atoms with van der Waals surface area (Å²) in [6.07, 6.45) is 0.687. The van der Waals surface area contributed by atoms with Gasteiger partial charge in [-0.1, -0.05) is 13.8 Å². The number of hydrogen-bond acceptors (Lipinski definition) is 5. The number of ether oxygens (including phenoxy) is 1. The molecule has 3 heterocycles. The van der Waals surface area contributed by atoms with E-state index in [9.17, 15) is 9.59 Å². The van der Waals surface area contributed by atoms with E-state index in [0.29, 0.717) is 26.2 Å². The number of likely N-dealkylation sites (tertiary alicyclic amines) is 1. The Kier molecular flexibility index (Phi) is 5.80. The molecule has 2 aliphatic rings. The van der Waals surface area contributed by atoms with Crippen molar-refractivity contribution in [2.24, 2.45) is 5.92 Å². The lowest BCUT2D eigenvalue weighted by atomic mass is 10.1. The molecule has 0 spiro atoms. The normalized spacial score (nSPS) is 19.8. The van der Waals surface area contributed by atoms with E-state index in [1.54, 1.807) is 4.90 Å². The molecule has 8 nitrogen and oxygen atoms in total. The second-order valence-electron chi connectivity index (χ2n) is 7.28. The molecular weight excluding hydrogens is 334 g/mol. The third kappa shape index (κ3) is 4.17. The Morgan fingerprint density at radius 2 is 2.12 bits per heavy atom. The molecule has 2 amide bonds. The Morgan fingerprint density at radius 3 is 2.85 bits per heavy atom. The van der Waals surface area contributed by atoms with E-state index in [4.69, 9.17) is 4.74 Å². The van der Waals surface area contributed by atoms with Crippen LogP contribution >= 0.6 is 0 Å². The topological polar surface area (TPSA) is 79.7 Å². The summed E-state index contributed by atoms with van der Waals surface area (Å²) in [6.45, 7) is 10.2. The van der Waals surface area contributed by atoms with Crippen molar-refractivity contribution in [2.75, 3.05) is 26.2 Å². The monoisotopic (exact) mass is 363 g/mol. The van der Waals surface area contributed by atoms with E-state index in [0.717, 1.165) is 37.4 Å². The number of hydrogen-bond donors (Lipinski definition) is 1. The number of rotatable bonds is 5. The molecule has 1 N–H and O–H groups in total. The van der Waals surface area contributed by atoms with Crippen LogP contribution in [0.4, 0.5) is 4.79 Å². The molecule has 0 radical (unpaired) electrons. The molecule has 1 saturated heterocycles. The average molecular weight is 363 g/mol. The number of aromatic nitrogens is 2. The maximum Gasteiger partial charge on any atom is 0.409 e. The molecule has 3 rings (SSSR count). The van der Waals surface area contributed by atoms with Crippen molar-refractivity contribution in [1.29, 1.82) is 0 Å². The first-order chi connectivity index (χ1) is 12.5. The summed E-state index contributed by atoms with van der Waals surface area (Å²) in [7, 11) is 0. The van der Waals surface area contributed by atoms with E-state index < -0.39 is 0 Å². The zero-order chi connectivity index (χ0) is 18.7. The smallest absolute Gasteiger partial charge is 0.409 e. The van der Waals surface area contributed by atoms with E-state index >= 15 is 0 Å². The van der Waals surface area contributed by atoms with Gasteiger partial charge in [0.15, 0.2) is 0 Å². The van der Waals surface area contributed by atoms with Crippen LogP contribution in [-0.4, -0.2) is 63.9 Å². The van der Waals surface area contributed by atoms with Gasteiger partial charge in [-0.25, -0.2) is 4.79 Å². The Labute approximate surface area is 154 Å². The fourth-order valence-corrected chi connectivity index (χ4v) is 3.52. The maximum absolute atomic E-state index is 12.2. The third-order valence-corrected chi connectivity index (χ3v) is 4.94. The van der Waals surface area contributed by atoms with Gasteiger partial charge in [0.25, 0.3) is 0 Å². The number of nitrogens with zero attached hydrogens (tertiary/aromatic N) is 4. The van der Waals surface area contributed by atoms with Crippen LogP contribution in [0.3, 0.4) is 0 Å². The summed E-state index contributed by atoms with van der Waals surface area (Å²) in [5.74, 6) is 0.220. The number of amides is 2. The molecule has 1 fully saturated rings. The summed E-state index contributed by atoms with van der Waals surface area (Å²) >= 11 is 0. The van der Waals surface area contributed by atoms with Crippen molar-refractivity contribution in [3.63, 3.8) is 0 Å². The van der Waals surface area contributed by atoms with Crippen molar-refractivity contribution in [3.8, 4) is 0 Å². The zero-order valence-corrected chi connectivity index (χ0v) is 15.9. The van der Waals surface area contributed by atoms with Crippen LogP contribution in [0.15, 0.2) is 6.07 Å². The number of carbonyl (C=O) groups is 2. The molecule has 1 aromatic heterocycles. The number of carbonyl (C=O) groups excluding carboxylic acids is 2. The number of fused-ring (bicyclic) bond motifs is 1. The van der Waals surface area contributed by atoms with Gasteiger partial charge in [0.2, 0.25) is 5.91 Å². The highest BCUT2D eigenvalue weighted by atomic mass is 16.6. The van der Waals surface area contributed by atoms with Crippen LogP contribution in [0, 0.1) is 5.92 Å². The van der Waals surface area contributed by atoms with Crippen molar-refractivity contribution in [2.45, 2.75) is 52.9 Å². The van der Waals surface area contributed by atoms with Crippen LogP contribution in [-0.2, 0) is 29.2 Å². The maximum atomic E-state index is 12.2. The van der Waals surface area contributed by atoms with Gasteiger partial charge < -0.3 is 19.9 Å². The van der Waals surface area contributed by atoms with Gasteiger partial charge in [0.1, 0.15) is 0 Å². The highest BCUT2D eigenvalue weighted by Crippen LogP contribution is 2.17. The highest BCUT2D eigenvalue weighted by Gasteiger charge is 2.27. The molecule has 0 bridgehead atoms. The van der Waals surface area contributed by atoms with Crippen molar-refractivity contribution in [3.05, 3.63) is 17.5 Å². The van der Waals surface area contributed by atoms with Crippen LogP contribution in [0.5, 0.6) is 0 Å². The first kappa shape index (κ1) is 18.7. The van der Waals surface area contributed by atoms with Crippen LogP contribution in [0.2, 0.25) is 0 Å². The zero-order valence-electron chi connectivity index (χ0n) is 15.9. The van der Waals surface area contributed by atoms with Crippen molar-refractivity contribution >= 4 is 12.0 Å². The van der Waals surface area contributed by atoms with Gasteiger partial charge in [-0.05, 0) is 19.4 Å². The average Bonchev–Trinajstić information content (AvgIpc) is 3.25. The van der Waals surface area contributed by atoms with Gasteiger partial charge in [0, 0.05) is 38.1 Å². The largest absolute Gasteiger partial charge is 0.450 e. The van der Waals surface area contributed by atoms with Crippen molar-refractivity contribution in [1.82, 2.24) is 24.9 Å². The van der Waals surface area contributed by atoms with Gasteiger partial charge in [0.05, 0.1) is 31.1 Å². The standard InChI is InChI=1S/C18H29N5O3/c1-4-26-18(25)22-6-5-14(11-22)19-10-15-9-16-12-21(17(24)13(2)3)7-8-23(16)20-15/h9,13-14,19H,4-8,10-12H2,1-3H3/t14-/m1/s1. The fraction of sp³-hybridized carbons (Fsp3) is 0.722.